The van der Waals surface area contributed by atoms with Gasteiger partial charge in [-0.05, 0) is 44.2 Å². The summed E-state index contributed by atoms with van der Waals surface area (Å²) in [4.78, 5) is 16.4. The summed E-state index contributed by atoms with van der Waals surface area (Å²) in [5.74, 6) is 0.666. The van der Waals surface area contributed by atoms with Crippen LogP contribution in [0.1, 0.15) is 61.5 Å². The average Bonchev–Trinajstić information content (AvgIpc) is 3.37. The van der Waals surface area contributed by atoms with Crippen LogP contribution in [0.5, 0.6) is 0 Å². The summed E-state index contributed by atoms with van der Waals surface area (Å²) in [6, 6.07) is 5.73. The lowest BCUT2D eigenvalue weighted by Gasteiger charge is -2.30. The SMILES string of the molecule is CCCn1cc(C(=O)N[C@H]2CC[C@@H](Nc3cccc4nc(C(F)F)cn34)CC2)cn1. The van der Waals surface area contributed by atoms with Crippen LogP contribution in [0.25, 0.3) is 5.65 Å². The summed E-state index contributed by atoms with van der Waals surface area (Å²) in [6.07, 6.45) is 6.63. The van der Waals surface area contributed by atoms with Crippen molar-refractivity contribution in [1.29, 1.82) is 0 Å². The number of carbonyl (C=O) groups excluding carboxylic acids is 1. The molecule has 3 heterocycles. The number of aromatic nitrogens is 4. The number of anilines is 1. The Morgan fingerprint density at radius 2 is 1.97 bits per heavy atom. The molecule has 1 aliphatic rings. The van der Waals surface area contributed by atoms with E-state index in [9.17, 15) is 13.6 Å². The second-order valence-corrected chi connectivity index (χ2v) is 7.76. The number of carbonyl (C=O) groups is 1. The maximum absolute atomic E-state index is 13.0. The Morgan fingerprint density at radius 1 is 1.20 bits per heavy atom. The molecule has 0 bridgehead atoms. The molecule has 2 N–H and O–H groups in total. The van der Waals surface area contributed by atoms with Crippen LogP contribution in [0.4, 0.5) is 14.6 Å². The third-order valence-corrected chi connectivity index (χ3v) is 5.50. The normalized spacial score (nSPS) is 19.3. The number of nitrogens with zero attached hydrogens (tertiary/aromatic N) is 4. The number of hydrogen-bond donors (Lipinski definition) is 2. The van der Waals surface area contributed by atoms with E-state index < -0.39 is 6.43 Å². The minimum absolute atomic E-state index is 0.0866. The maximum atomic E-state index is 13.0. The number of aryl methyl sites for hydroxylation is 1. The number of imidazole rings is 1. The van der Waals surface area contributed by atoms with Crippen molar-refractivity contribution >= 4 is 17.4 Å². The van der Waals surface area contributed by atoms with E-state index in [4.69, 9.17) is 0 Å². The molecule has 0 atom stereocenters. The van der Waals surface area contributed by atoms with Crippen molar-refractivity contribution in [2.24, 2.45) is 0 Å². The molecular weight excluding hydrogens is 390 g/mol. The quantitative estimate of drug-likeness (QED) is 0.610. The van der Waals surface area contributed by atoms with Gasteiger partial charge in [-0.2, -0.15) is 5.10 Å². The third kappa shape index (κ3) is 4.44. The number of alkyl halides is 2. The van der Waals surface area contributed by atoms with Crippen molar-refractivity contribution in [3.63, 3.8) is 0 Å². The number of nitrogens with one attached hydrogen (secondary N) is 2. The van der Waals surface area contributed by atoms with Crippen LogP contribution in [-0.4, -0.2) is 37.2 Å². The van der Waals surface area contributed by atoms with Gasteiger partial charge in [0.25, 0.3) is 12.3 Å². The molecule has 1 aliphatic carbocycles. The van der Waals surface area contributed by atoms with Gasteiger partial charge >= 0.3 is 0 Å². The molecule has 30 heavy (non-hydrogen) atoms. The highest BCUT2D eigenvalue weighted by Crippen LogP contribution is 2.25. The van der Waals surface area contributed by atoms with Gasteiger partial charge in [-0.3, -0.25) is 13.9 Å². The topological polar surface area (TPSA) is 76.2 Å². The molecule has 1 saturated carbocycles. The predicted molar refractivity (Wildman–Crippen MR) is 110 cm³/mol. The van der Waals surface area contributed by atoms with Crippen LogP contribution >= 0.6 is 0 Å². The van der Waals surface area contributed by atoms with Crippen molar-refractivity contribution in [3.05, 3.63) is 48.0 Å². The Kier molecular flexibility index (Phi) is 5.96. The van der Waals surface area contributed by atoms with Crippen molar-refractivity contribution in [1.82, 2.24) is 24.5 Å². The zero-order chi connectivity index (χ0) is 21.1. The molecule has 1 amide bonds. The van der Waals surface area contributed by atoms with Crippen LogP contribution in [0.15, 0.2) is 36.8 Å². The minimum Gasteiger partial charge on any atom is -0.368 e. The lowest BCUT2D eigenvalue weighted by atomic mass is 9.91. The lowest BCUT2D eigenvalue weighted by Crippen LogP contribution is -2.40. The zero-order valence-corrected chi connectivity index (χ0v) is 16.9. The Bertz CT molecular complexity index is 1010. The Hall–Kier alpha value is -2.97. The van der Waals surface area contributed by atoms with Crippen LogP contribution in [-0.2, 0) is 6.54 Å². The molecule has 0 aromatic carbocycles. The summed E-state index contributed by atoms with van der Waals surface area (Å²) in [7, 11) is 0. The van der Waals surface area contributed by atoms with Gasteiger partial charge in [0.15, 0.2) is 0 Å². The van der Waals surface area contributed by atoms with Gasteiger partial charge in [0, 0.05) is 31.0 Å². The molecule has 160 valence electrons. The van der Waals surface area contributed by atoms with Gasteiger partial charge in [0.1, 0.15) is 17.2 Å². The molecule has 4 rings (SSSR count). The van der Waals surface area contributed by atoms with E-state index in [2.05, 4.69) is 27.6 Å². The monoisotopic (exact) mass is 416 g/mol. The molecule has 0 radical (unpaired) electrons. The summed E-state index contributed by atoms with van der Waals surface area (Å²) in [5, 5.41) is 10.8. The molecule has 0 aliphatic heterocycles. The van der Waals surface area contributed by atoms with Gasteiger partial charge in [0.2, 0.25) is 0 Å². The number of amides is 1. The second kappa shape index (κ2) is 8.81. The second-order valence-electron chi connectivity index (χ2n) is 7.76. The summed E-state index contributed by atoms with van der Waals surface area (Å²) < 4.78 is 29.4. The third-order valence-electron chi connectivity index (χ3n) is 5.50. The molecule has 3 aromatic rings. The fraction of sp³-hybridized carbons (Fsp3) is 0.476. The van der Waals surface area contributed by atoms with E-state index in [0.717, 1.165) is 44.5 Å². The number of halogens is 2. The van der Waals surface area contributed by atoms with Gasteiger partial charge < -0.3 is 10.6 Å². The zero-order valence-electron chi connectivity index (χ0n) is 16.9. The van der Waals surface area contributed by atoms with E-state index in [1.165, 1.54) is 6.20 Å². The first-order valence-electron chi connectivity index (χ1n) is 10.4. The molecule has 0 unspecified atom stereocenters. The van der Waals surface area contributed by atoms with Gasteiger partial charge in [-0.15, -0.1) is 0 Å². The Balaban J connectivity index is 1.32. The number of hydrogen-bond acceptors (Lipinski definition) is 4. The first kappa shape index (κ1) is 20.3. The minimum atomic E-state index is -2.59. The Morgan fingerprint density at radius 3 is 2.70 bits per heavy atom. The number of rotatable bonds is 7. The van der Waals surface area contributed by atoms with Crippen LogP contribution < -0.4 is 10.6 Å². The van der Waals surface area contributed by atoms with Crippen LogP contribution in [0.3, 0.4) is 0 Å². The van der Waals surface area contributed by atoms with Crippen molar-refractivity contribution < 1.29 is 13.6 Å². The molecule has 9 heteroatoms. The van der Waals surface area contributed by atoms with Gasteiger partial charge in [-0.1, -0.05) is 13.0 Å². The summed E-state index contributed by atoms with van der Waals surface area (Å²) in [6.45, 7) is 2.87. The first-order valence-corrected chi connectivity index (χ1v) is 10.4. The van der Waals surface area contributed by atoms with Crippen LogP contribution in [0, 0.1) is 0 Å². The fourth-order valence-corrected chi connectivity index (χ4v) is 3.94. The molecule has 1 fully saturated rings. The maximum Gasteiger partial charge on any atom is 0.281 e. The number of pyridine rings is 1. The highest BCUT2D eigenvalue weighted by Gasteiger charge is 2.24. The van der Waals surface area contributed by atoms with Gasteiger partial charge in [-0.25, -0.2) is 13.8 Å². The standard InChI is InChI=1S/C21H26F2N6O/c1-2-10-28-12-14(11-24-28)21(30)26-16-8-6-15(7-9-16)25-18-4-3-5-19-27-17(20(22)23)13-29(18)19/h3-5,11-13,15-16,20,25H,2,6-10H2,1H3,(H,26,30)/t15-,16+. The average molecular weight is 416 g/mol. The highest BCUT2D eigenvalue weighted by atomic mass is 19.3. The molecular formula is C21H26F2N6O. The molecule has 3 aromatic heterocycles. The van der Waals surface area contributed by atoms with E-state index in [-0.39, 0.29) is 23.7 Å². The molecule has 0 saturated heterocycles. The Labute approximate surface area is 173 Å². The summed E-state index contributed by atoms with van der Waals surface area (Å²) >= 11 is 0. The molecule has 7 nitrogen and oxygen atoms in total. The highest BCUT2D eigenvalue weighted by molar-refractivity contribution is 5.93. The van der Waals surface area contributed by atoms with E-state index in [1.807, 2.05) is 12.1 Å². The van der Waals surface area contributed by atoms with Crippen molar-refractivity contribution in [3.8, 4) is 0 Å². The lowest BCUT2D eigenvalue weighted by molar-refractivity contribution is 0.0926. The fourth-order valence-electron chi connectivity index (χ4n) is 3.94. The number of fused-ring (bicyclic) bond motifs is 1. The van der Waals surface area contributed by atoms with E-state index >= 15 is 0 Å². The first-order chi connectivity index (χ1) is 14.5. The largest absolute Gasteiger partial charge is 0.368 e. The van der Waals surface area contributed by atoms with Crippen molar-refractivity contribution in [2.45, 2.75) is 64.1 Å². The van der Waals surface area contributed by atoms with Gasteiger partial charge in [0.05, 0.1) is 11.8 Å². The van der Waals surface area contributed by atoms with Crippen molar-refractivity contribution in [2.75, 3.05) is 5.32 Å². The van der Waals surface area contributed by atoms with Crippen LogP contribution in [0.2, 0.25) is 0 Å². The summed E-state index contributed by atoms with van der Waals surface area (Å²) in [5.41, 5.74) is 0.864. The molecule has 0 spiro atoms. The smallest absolute Gasteiger partial charge is 0.281 e. The predicted octanol–water partition coefficient (Wildman–Crippen LogP) is 4.03. The van der Waals surface area contributed by atoms with E-state index in [0.29, 0.717) is 11.2 Å². The van der Waals surface area contributed by atoms with E-state index in [1.54, 1.807) is 27.5 Å².